The van der Waals surface area contributed by atoms with Crippen molar-refractivity contribution in [3.8, 4) is 11.5 Å². The minimum Gasteiger partial charge on any atom is -0.505 e. The highest BCUT2D eigenvalue weighted by atomic mass is 35.5. The lowest BCUT2D eigenvalue weighted by atomic mass is 9.98. The van der Waals surface area contributed by atoms with Gasteiger partial charge in [0.15, 0.2) is 11.5 Å². The Kier molecular flexibility index (Phi) is 5.55. The number of phenols is 2. The van der Waals surface area contributed by atoms with E-state index in [1.807, 2.05) is 0 Å². The standard InChI is InChI=1S/C16H16Cl2O5/c1-8-5-3-2-4-6-10(19)12-9(7-11(20)23-8)13(17)16(22)14(18)15(12)21/h4,6,8,21-22H,2-3,5,7H2,1H3. The number of cyclic esters (lactones) is 1. The van der Waals surface area contributed by atoms with Crippen LogP contribution in [0.2, 0.25) is 10.0 Å². The summed E-state index contributed by atoms with van der Waals surface area (Å²) in [6, 6.07) is 0. The summed E-state index contributed by atoms with van der Waals surface area (Å²) in [6.07, 6.45) is 4.41. The molecule has 23 heavy (non-hydrogen) atoms. The van der Waals surface area contributed by atoms with Gasteiger partial charge in [0.25, 0.3) is 0 Å². The number of halogens is 2. The molecule has 124 valence electrons. The predicted octanol–water partition coefficient (Wildman–Crippen LogP) is 3.80. The summed E-state index contributed by atoms with van der Waals surface area (Å²) < 4.78 is 5.25. The molecule has 1 atom stereocenters. The van der Waals surface area contributed by atoms with E-state index in [1.54, 1.807) is 13.0 Å². The van der Waals surface area contributed by atoms with Crippen LogP contribution >= 0.6 is 23.2 Å². The topological polar surface area (TPSA) is 83.8 Å². The molecular weight excluding hydrogens is 343 g/mol. The highest BCUT2D eigenvalue weighted by Gasteiger charge is 2.27. The Morgan fingerprint density at radius 3 is 2.57 bits per heavy atom. The number of allylic oxidation sites excluding steroid dienone is 2. The van der Waals surface area contributed by atoms with E-state index in [2.05, 4.69) is 0 Å². The van der Waals surface area contributed by atoms with E-state index in [0.29, 0.717) is 12.8 Å². The third kappa shape index (κ3) is 3.79. The van der Waals surface area contributed by atoms with E-state index < -0.39 is 28.3 Å². The number of benzene rings is 1. The number of rotatable bonds is 0. The molecule has 7 heteroatoms. The van der Waals surface area contributed by atoms with Gasteiger partial charge in [0, 0.05) is 5.56 Å². The van der Waals surface area contributed by atoms with Crippen molar-refractivity contribution in [1.82, 2.24) is 0 Å². The van der Waals surface area contributed by atoms with E-state index in [1.165, 1.54) is 6.08 Å². The maximum Gasteiger partial charge on any atom is 0.310 e. The Morgan fingerprint density at radius 2 is 1.87 bits per heavy atom. The smallest absolute Gasteiger partial charge is 0.310 e. The zero-order chi connectivity index (χ0) is 17.1. The quantitative estimate of drug-likeness (QED) is 0.689. The largest absolute Gasteiger partial charge is 0.505 e. The van der Waals surface area contributed by atoms with Crippen LogP contribution < -0.4 is 0 Å². The molecule has 1 aliphatic heterocycles. The van der Waals surface area contributed by atoms with Gasteiger partial charge in [0.05, 0.1) is 23.1 Å². The first kappa shape index (κ1) is 17.6. The number of phenolic OH excluding ortho intramolecular Hbond substituents is 2. The fourth-order valence-corrected chi connectivity index (χ4v) is 2.90. The average Bonchev–Trinajstić information content (AvgIpc) is 2.49. The lowest BCUT2D eigenvalue weighted by molar-refractivity contribution is -0.147. The minimum absolute atomic E-state index is 0.00140. The van der Waals surface area contributed by atoms with Crippen LogP contribution in [0.15, 0.2) is 12.2 Å². The molecule has 0 saturated carbocycles. The van der Waals surface area contributed by atoms with Crippen molar-refractivity contribution in [3.63, 3.8) is 0 Å². The van der Waals surface area contributed by atoms with Crippen LogP contribution in [0.3, 0.4) is 0 Å². The van der Waals surface area contributed by atoms with E-state index in [-0.39, 0.29) is 28.7 Å². The lowest BCUT2D eigenvalue weighted by Crippen LogP contribution is -2.18. The summed E-state index contributed by atoms with van der Waals surface area (Å²) in [7, 11) is 0. The van der Waals surface area contributed by atoms with Gasteiger partial charge in [0.1, 0.15) is 10.8 Å². The summed E-state index contributed by atoms with van der Waals surface area (Å²) in [5.41, 5.74) is -0.197. The molecule has 1 heterocycles. The number of hydrogen-bond donors (Lipinski definition) is 2. The first-order valence-corrected chi connectivity index (χ1v) is 7.90. The number of ketones is 1. The molecule has 1 unspecified atom stereocenters. The molecular formula is C16H16Cl2O5. The Labute approximate surface area is 143 Å². The third-order valence-corrected chi connectivity index (χ3v) is 4.34. The van der Waals surface area contributed by atoms with Crippen molar-refractivity contribution in [2.45, 2.75) is 38.7 Å². The van der Waals surface area contributed by atoms with Gasteiger partial charge in [-0.25, -0.2) is 0 Å². The molecule has 0 bridgehead atoms. The van der Waals surface area contributed by atoms with E-state index >= 15 is 0 Å². The summed E-state index contributed by atoms with van der Waals surface area (Å²) >= 11 is 11.8. The second-order valence-electron chi connectivity index (χ2n) is 5.35. The Hall–Kier alpha value is -1.72. The normalized spacial score (nSPS) is 19.5. The molecule has 0 aromatic heterocycles. The van der Waals surface area contributed by atoms with Crippen LogP contribution in [0, 0.1) is 0 Å². The number of fused-ring (bicyclic) bond motifs is 1. The number of carbonyl (C=O) groups is 2. The molecule has 1 aromatic carbocycles. The lowest BCUT2D eigenvalue weighted by Gasteiger charge is -2.17. The maximum absolute atomic E-state index is 12.3. The van der Waals surface area contributed by atoms with Gasteiger partial charge >= 0.3 is 5.97 Å². The van der Waals surface area contributed by atoms with Crippen molar-refractivity contribution in [2.75, 3.05) is 0 Å². The first-order chi connectivity index (χ1) is 10.8. The Balaban J connectivity index is 2.60. The summed E-state index contributed by atoms with van der Waals surface area (Å²) in [4.78, 5) is 24.4. The van der Waals surface area contributed by atoms with Crippen LogP contribution in [0.5, 0.6) is 11.5 Å². The zero-order valence-electron chi connectivity index (χ0n) is 12.4. The van der Waals surface area contributed by atoms with Gasteiger partial charge in [-0.3, -0.25) is 9.59 Å². The molecule has 0 radical (unpaired) electrons. The fourth-order valence-electron chi connectivity index (χ4n) is 2.41. The van der Waals surface area contributed by atoms with Gasteiger partial charge in [-0.2, -0.15) is 0 Å². The van der Waals surface area contributed by atoms with Crippen molar-refractivity contribution in [3.05, 3.63) is 33.3 Å². The fraction of sp³-hybridized carbons (Fsp3) is 0.375. The van der Waals surface area contributed by atoms with Crippen LogP contribution in [0.25, 0.3) is 0 Å². The molecule has 0 spiro atoms. The van der Waals surface area contributed by atoms with Crippen LogP contribution in [-0.2, 0) is 16.0 Å². The average molecular weight is 359 g/mol. The number of carbonyl (C=O) groups excluding carboxylic acids is 2. The second-order valence-corrected chi connectivity index (χ2v) is 6.11. The summed E-state index contributed by atoms with van der Waals surface area (Å²) in [5, 5.41) is 19.3. The molecule has 0 saturated heterocycles. The van der Waals surface area contributed by atoms with Crippen molar-refractivity contribution in [2.24, 2.45) is 0 Å². The molecule has 2 N–H and O–H groups in total. The minimum atomic E-state index is -0.601. The molecule has 1 aliphatic rings. The first-order valence-electron chi connectivity index (χ1n) is 7.15. The SMILES string of the molecule is CC1CCCC=CC(=O)c2c(O)c(Cl)c(O)c(Cl)c2CC(=O)O1. The van der Waals surface area contributed by atoms with Gasteiger partial charge in [-0.15, -0.1) is 0 Å². The number of esters is 1. The molecule has 2 rings (SSSR count). The van der Waals surface area contributed by atoms with Crippen molar-refractivity contribution >= 4 is 35.0 Å². The predicted molar refractivity (Wildman–Crippen MR) is 86.4 cm³/mol. The van der Waals surface area contributed by atoms with E-state index in [0.717, 1.165) is 6.42 Å². The van der Waals surface area contributed by atoms with Crippen molar-refractivity contribution < 1.29 is 24.5 Å². The second kappa shape index (κ2) is 7.23. The van der Waals surface area contributed by atoms with Crippen LogP contribution in [-0.4, -0.2) is 28.1 Å². The van der Waals surface area contributed by atoms with Crippen LogP contribution in [0.1, 0.15) is 42.1 Å². The molecule has 0 fully saturated rings. The van der Waals surface area contributed by atoms with Gasteiger partial charge < -0.3 is 14.9 Å². The summed E-state index contributed by atoms with van der Waals surface area (Å²) in [6.45, 7) is 1.78. The Morgan fingerprint density at radius 1 is 1.17 bits per heavy atom. The van der Waals surface area contributed by atoms with E-state index in [9.17, 15) is 19.8 Å². The monoisotopic (exact) mass is 358 g/mol. The molecule has 0 aliphatic carbocycles. The molecule has 1 aromatic rings. The number of aromatic hydroxyl groups is 2. The highest BCUT2D eigenvalue weighted by Crippen LogP contribution is 2.44. The highest BCUT2D eigenvalue weighted by molar-refractivity contribution is 6.39. The van der Waals surface area contributed by atoms with Gasteiger partial charge in [-0.1, -0.05) is 29.3 Å². The zero-order valence-corrected chi connectivity index (χ0v) is 13.9. The number of hydrogen-bond acceptors (Lipinski definition) is 5. The van der Waals surface area contributed by atoms with E-state index in [4.69, 9.17) is 27.9 Å². The number of ether oxygens (including phenoxy) is 1. The van der Waals surface area contributed by atoms with Gasteiger partial charge in [0.2, 0.25) is 0 Å². The maximum atomic E-state index is 12.3. The van der Waals surface area contributed by atoms with Crippen molar-refractivity contribution in [1.29, 1.82) is 0 Å². The van der Waals surface area contributed by atoms with Crippen LogP contribution in [0.4, 0.5) is 0 Å². The summed E-state index contributed by atoms with van der Waals surface area (Å²) in [5.74, 6) is -2.31. The molecule has 0 amide bonds. The Bertz CT molecular complexity index is 682. The third-order valence-electron chi connectivity index (χ3n) is 3.58. The van der Waals surface area contributed by atoms with Gasteiger partial charge in [-0.05, 0) is 32.3 Å². The molecule has 5 nitrogen and oxygen atoms in total.